The van der Waals surface area contributed by atoms with E-state index in [2.05, 4.69) is 56.2 Å². The van der Waals surface area contributed by atoms with E-state index in [0.717, 1.165) is 23.2 Å². The van der Waals surface area contributed by atoms with Gasteiger partial charge in [0.25, 0.3) is 0 Å². The maximum atomic E-state index is 5.25. The Hall–Kier alpha value is -2.07. The summed E-state index contributed by atoms with van der Waals surface area (Å²) in [6.07, 6.45) is 7.44. The van der Waals surface area contributed by atoms with Crippen LogP contribution in [-0.2, 0) is 0 Å². The summed E-state index contributed by atoms with van der Waals surface area (Å²) >= 11 is 1.90. The number of unbranched alkanes of at least 4 members (excludes halogenated alkanes) is 1. The fourth-order valence-electron chi connectivity index (χ4n) is 3.51. The summed E-state index contributed by atoms with van der Waals surface area (Å²) in [5, 5.41) is 4.57. The van der Waals surface area contributed by atoms with E-state index in [1.165, 1.54) is 28.9 Å². The van der Waals surface area contributed by atoms with Gasteiger partial charge in [0.15, 0.2) is 0 Å². The molecule has 0 amide bonds. The number of fused-ring (bicyclic) bond motifs is 2. The van der Waals surface area contributed by atoms with Gasteiger partial charge in [-0.15, -0.1) is 0 Å². The van der Waals surface area contributed by atoms with Gasteiger partial charge in [-0.3, -0.25) is 4.99 Å². The van der Waals surface area contributed by atoms with Gasteiger partial charge in [0.1, 0.15) is 4.87 Å². The predicted molar refractivity (Wildman–Crippen MR) is 106 cm³/mol. The van der Waals surface area contributed by atoms with E-state index in [0.29, 0.717) is 0 Å². The van der Waals surface area contributed by atoms with Gasteiger partial charge in [-0.25, -0.2) is 4.52 Å². The Morgan fingerprint density at radius 2 is 1.96 bits per heavy atom. The highest BCUT2D eigenvalue weighted by atomic mass is 32.2. The molecule has 1 unspecified atom stereocenters. The number of pyridine rings is 1. The fraction of sp³-hybridized carbons (Fsp3) is 0.333. The third-order valence-corrected chi connectivity index (χ3v) is 6.12. The van der Waals surface area contributed by atoms with Crippen molar-refractivity contribution in [2.24, 2.45) is 4.99 Å². The zero-order valence-electron chi connectivity index (χ0n) is 15.0. The molecule has 3 nitrogen and oxygen atoms in total. The van der Waals surface area contributed by atoms with Crippen LogP contribution >= 0.6 is 11.8 Å². The molecule has 2 aromatic heterocycles. The van der Waals surface area contributed by atoms with Crippen molar-refractivity contribution in [2.45, 2.75) is 49.8 Å². The first-order chi connectivity index (χ1) is 12.1. The molecule has 3 heterocycles. The average Bonchev–Trinajstić information content (AvgIpc) is 3.05. The number of hydrogen-bond acceptors (Lipinski definition) is 3. The van der Waals surface area contributed by atoms with Gasteiger partial charge in [-0.05, 0) is 38.0 Å². The Bertz CT molecular complexity index is 957. The van der Waals surface area contributed by atoms with Crippen molar-refractivity contribution in [3.8, 4) is 0 Å². The smallest absolute Gasteiger partial charge is 0.108 e. The lowest BCUT2D eigenvalue weighted by atomic mass is 10.0. The van der Waals surface area contributed by atoms with Gasteiger partial charge in [-0.2, -0.15) is 5.10 Å². The number of nitrogens with zero attached hydrogens (tertiary/aromatic N) is 3. The number of thioether (sulfide) groups is 1. The van der Waals surface area contributed by atoms with Crippen molar-refractivity contribution in [1.29, 1.82) is 0 Å². The highest BCUT2D eigenvalue weighted by Gasteiger charge is 2.32. The summed E-state index contributed by atoms with van der Waals surface area (Å²) in [4.78, 5) is 6.46. The molecule has 0 fully saturated rings. The highest BCUT2D eigenvalue weighted by Crippen LogP contribution is 2.44. The monoisotopic (exact) mass is 349 g/mol. The van der Waals surface area contributed by atoms with Crippen LogP contribution in [0.25, 0.3) is 5.52 Å². The van der Waals surface area contributed by atoms with E-state index in [1.54, 1.807) is 0 Å². The summed E-state index contributed by atoms with van der Waals surface area (Å²) in [7, 11) is 0. The van der Waals surface area contributed by atoms with Crippen LogP contribution in [0, 0.1) is 6.92 Å². The van der Waals surface area contributed by atoms with Crippen molar-refractivity contribution in [2.75, 3.05) is 0 Å². The number of aliphatic imine (C=N–C) groups is 1. The molecule has 4 rings (SSSR count). The SMILES string of the molecule is CCCCC1(C)N=C(c2cnn3cccc(C)c23)c2ccccc2S1. The lowest BCUT2D eigenvalue weighted by Crippen LogP contribution is -2.25. The second-order valence-corrected chi connectivity index (χ2v) is 8.40. The van der Waals surface area contributed by atoms with Crippen LogP contribution in [0.2, 0.25) is 0 Å². The second kappa shape index (κ2) is 6.34. The van der Waals surface area contributed by atoms with Crippen LogP contribution in [0.5, 0.6) is 0 Å². The predicted octanol–water partition coefficient (Wildman–Crippen LogP) is 5.49. The summed E-state index contributed by atoms with van der Waals surface area (Å²) in [6.45, 7) is 6.65. The van der Waals surface area contributed by atoms with Crippen LogP contribution in [0.15, 0.2) is 58.7 Å². The van der Waals surface area contributed by atoms with Crippen molar-refractivity contribution in [1.82, 2.24) is 9.61 Å². The van der Waals surface area contributed by atoms with E-state index < -0.39 is 0 Å². The molecule has 128 valence electrons. The number of benzene rings is 1. The minimum Gasteiger partial charge on any atom is -0.266 e. The molecule has 0 spiro atoms. The van der Waals surface area contributed by atoms with Crippen LogP contribution < -0.4 is 0 Å². The molecule has 0 bridgehead atoms. The molecule has 1 aliphatic heterocycles. The molecule has 0 aliphatic carbocycles. The Morgan fingerprint density at radius 1 is 1.12 bits per heavy atom. The summed E-state index contributed by atoms with van der Waals surface area (Å²) < 4.78 is 1.96. The van der Waals surface area contributed by atoms with Gasteiger partial charge < -0.3 is 0 Å². The Kier molecular flexibility index (Phi) is 4.16. The topological polar surface area (TPSA) is 29.7 Å². The van der Waals surface area contributed by atoms with Crippen molar-refractivity contribution >= 4 is 23.0 Å². The van der Waals surface area contributed by atoms with E-state index >= 15 is 0 Å². The first-order valence-electron chi connectivity index (χ1n) is 8.93. The molecule has 3 aromatic rings. The van der Waals surface area contributed by atoms with Gasteiger partial charge in [-0.1, -0.05) is 55.8 Å². The Labute approximate surface area is 153 Å². The Balaban J connectivity index is 1.92. The molecular formula is C21H23N3S. The number of hydrogen-bond donors (Lipinski definition) is 0. The first-order valence-corrected chi connectivity index (χ1v) is 9.74. The lowest BCUT2D eigenvalue weighted by molar-refractivity contribution is 0.572. The summed E-state index contributed by atoms with van der Waals surface area (Å²) in [5.41, 5.74) is 5.81. The van der Waals surface area contributed by atoms with E-state index in [1.807, 2.05) is 34.7 Å². The minimum absolute atomic E-state index is 0.114. The van der Waals surface area contributed by atoms with Crippen LogP contribution in [0.3, 0.4) is 0 Å². The summed E-state index contributed by atoms with van der Waals surface area (Å²) in [6, 6.07) is 12.8. The third-order valence-electron chi connectivity index (χ3n) is 4.81. The normalized spacial score (nSPS) is 19.7. The van der Waals surface area contributed by atoms with Gasteiger partial charge >= 0.3 is 0 Å². The third kappa shape index (κ3) is 2.89. The second-order valence-electron chi connectivity index (χ2n) is 6.88. The lowest BCUT2D eigenvalue weighted by Gasteiger charge is -2.31. The van der Waals surface area contributed by atoms with Crippen LogP contribution in [-0.4, -0.2) is 20.2 Å². The molecule has 0 radical (unpaired) electrons. The quantitative estimate of drug-likeness (QED) is 0.623. The number of aryl methyl sites for hydroxylation is 1. The maximum Gasteiger partial charge on any atom is 0.108 e. The zero-order chi connectivity index (χ0) is 17.4. The standard InChI is InChI=1S/C21H23N3S/c1-4-5-12-21(3)23-19(16-10-6-7-11-18(16)25-21)17-14-22-24-13-8-9-15(2)20(17)24/h6-11,13-14H,4-5,12H2,1-3H3. The molecule has 1 aromatic carbocycles. The molecule has 1 atom stereocenters. The first kappa shape index (κ1) is 16.4. The van der Waals surface area contributed by atoms with Crippen molar-refractivity contribution < 1.29 is 0 Å². The minimum atomic E-state index is -0.114. The number of aromatic nitrogens is 2. The fourth-order valence-corrected chi connectivity index (χ4v) is 4.79. The molecule has 4 heteroatoms. The summed E-state index contributed by atoms with van der Waals surface area (Å²) in [5.74, 6) is 0. The van der Waals surface area contributed by atoms with Crippen LogP contribution in [0.4, 0.5) is 0 Å². The van der Waals surface area contributed by atoms with Crippen molar-refractivity contribution in [3.63, 3.8) is 0 Å². The van der Waals surface area contributed by atoms with E-state index in [4.69, 9.17) is 4.99 Å². The molecule has 0 saturated carbocycles. The van der Waals surface area contributed by atoms with Gasteiger partial charge in [0.05, 0.1) is 17.4 Å². The average molecular weight is 350 g/mol. The number of rotatable bonds is 4. The molecular weight excluding hydrogens is 326 g/mol. The molecule has 1 aliphatic rings. The largest absolute Gasteiger partial charge is 0.266 e. The van der Waals surface area contributed by atoms with Crippen LogP contribution in [0.1, 0.15) is 49.8 Å². The van der Waals surface area contributed by atoms with Gasteiger partial charge in [0, 0.05) is 22.2 Å². The zero-order valence-corrected chi connectivity index (χ0v) is 15.8. The molecule has 25 heavy (non-hydrogen) atoms. The highest BCUT2D eigenvalue weighted by molar-refractivity contribution is 8.00. The maximum absolute atomic E-state index is 5.25. The van der Waals surface area contributed by atoms with Gasteiger partial charge in [0.2, 0.25) is 0 Å². The van der Waals surface area contributed by atoms with E-state index in [-0.39, 0.29) is 4.87 Å². The Morgan fingerprint density at radius 3 is 2.80 bits per heavy atom. The van der Waals surface area contributed by atoms with E-state index in [9.17, 15) is 0 Å². The molecule has 0 saturated heterocycles. The molecule has 0 N–H and O–H groups in total. The van der Waals surface area contributed by atoms with Crippen molar-refractivity contribution in [3.05, 3.63) is 65.5 Å².